The maximum atomic E-state index is 12.1. The zero-order chi connectivity index (χ0) is 13.0. The number of nitrogens with zero attached hydrogens (tertiary/aromatic N) is 1. The van der Waals surface area contributed by atoms with Gasteiger partial charge in [0.1, 0.15) is 5.76 Å². The molecule has 100 valence electrons. The van der Waals surface area contributed by atoms with Gasteiger partial charge < -0.3 is 14.6 Å². The Morgan fingerprint density at radius 3 is 2.72 bits per heavy atom. The Kier molecular flexibility index (Phi) is 4.42. The van der Waals surface area contributed by atoms with Crippen LogP contribution in [0.4, 0.5) is 0 Å². The summed E-state index contributed by atoms with van der Waals surface area (Å²) >= 11 is 0. The summed E-state index contributed by atoms with van der Waals surface area (Å²) in [6.45, 7) is 6.73. The van der Waals surface area contributed by atoms with E-state index in [1.807, 2.05) is 17.9 Å². The van der Waals surface area contributed by atoms with Gasteiger partial charge in [-0.25, -0.2) is 0 Å². The van der Waals surface area contributed by atoms with Gasteiger partial charge in [0, 0.05) is 19.1 Å². The van der Waals surface area contributed by atoms with Gasteiger partial charge in [-0.1, -0.05) is 6.92 Å². The Morgan fingerprint density at radius 1 is 1.44 bits per heavy atom. The minimum atomic E-state index is 0.0250. The fourth-order valence-corrected chi connectivity index (χ4v) is 2.34. The summed E-state index contributed by atoms with van der Waals surface area (Å²) in [6.07, 6.45) is 3.22. The van der Waals surface area contributed by atoms with E-state index in [9.17, 15) is 4.79 Å². The first kappa shape index (κ1) is 13.1. The second kappa shape index (κ2) is 6.05. The zero-order valence-electron chi connectivity index (χ0n) is 11.2. The van der Waals surface area contributed by atoms with E-state index >= 15 is 0 Å². The van der Waals surface area contributed by atoms with Gasteiger partial charge in [-0.15, -0.1) is 0 Å². The fourth-order valence-electron chi connectivity index (χ4n) is 2.34. The minimum absolute atomic E-state index is 0.0250. The predicted octanol–water partition coefficient (Wildman–Crippen LogP) is 2.19. The summed E-state index contributed by atoms with van der Waals surface area (Å²) in [5, 5.41) is 3.51. The second-order valence-electron chi connectivity index (χ2n) is 4.93. The van der Waals surface area contributed by atoms with Crippen molar-refractivity contribution in [3.8, 4) is 0 Å². The highest BCUT2D eigenvalue weighted by atomic mass is 16.3. The molecular formula is C14H22N2O2. The van der Waals surface area contributed by atoms with E-state index in [4.69, 9.17) is 4.42 Å². The summed E-state index contributed by atoms with van der Waals surface area (Å²) in [5.74, 6) is 1.28. The third-order valence-electron chi connectivity index (χ3n) is 3.42. The van der Waals surface area contributed by atoms with Crippen molar-refractivity contribution in [2.75, 3.05) is 19.6 Å². The zero-order valence-corrected chi connectivity index (χ0v) is 11.2. The van der Waals surface area contributed by atoms with Gasteiger partial charge in [0.15, 0.2) is 5.76 Å². The van der Waals surface area contributed by atoms with Crippen LogP contribution in [-0.2, 0) is 0 Å². The number of carbonyl (C=O) groups excluding carboxylic acids is 1. The number of piperidine rings is 1. The van der Waals surface area contributed by atoms with Crippen molar-refractivity contribution >= 4 is 5.91 Å². The molecule has 1 saturated heterocycles. The Labute approximate surface area is 108 Å². The Hall–Kier alpha value is -1.29. The molecule has 0 bridgehead atoms. The van der Waals surface area contributed by atoms with Crippen molar-refractivity contribution in [1.29, 1.82) is 0 Å². The lowest BCUT2D eigenvalue weighted by Gasteiger charge is -2.32. The van der Waals surface area contributed by atoms with Crippen LogP contribution in [0, 0.1) is 6.92 Å². The van der Waals surface area contributed by atoms with Gasteiger partial charge in [0.05, 0.1) is 0 Å². The third kappa shape index (κ3) is 3.13. The molecule has 4 heteroatoms. The molecule has 1 N–H and O–H groups in total. The standard InChI is InChI=1S/C14H22N2O2/c1-3-8-15-12-6-9-16(10-7-12)14(17)13-5-4-11(2)18-13/h4-5,12,15H,3,6-10H2,1-2H3. The van der Waals surface area contributed by atoms with E-state index in [-0.39, 0.29) is 5.91 Å². The van der Waals surface area contributed by atoms with Crippen LogP contribution >= 0.6 is 0 Å². The van der Waals surface area contributed by atoms with Crippen LogP contribution in [0.1, 0.15) is 42.5 Å². The molecule has 0 aromatic carbocycles. The van der Waals surface area contributed by atoms with E-state index in [0.29, 0.717) is 11.8 Å². The Balaban J connectivity index is 1.84. The number of aryl methyl sites for hydroxylation is 1. The summed E-state index contributed by atoms with van der Waals surface area (Å²) in [7, 11) is 0. The van der Waals surface area contributed by atoms with E-state index in [0.717, 1.165) is 44.7 Å². The Morgan fingerprint density at radius 2 is 2.17 bits per heavy atom. The predicted molar refractivity (Wildman–Crippen MR) is 70.7 cm³/mol. The van der Waals surface area contributed by atoms with Crippen LogP contribution in [0.15, 0.2) is 16.5 Å². The van der Waals surface area contributed by atoms with E-state index < -0.39 is 0 Å². The largest absolute Gasteiger partial charge is 0.456 e. The molecule has 1 fully saturated rings. The second-order valence-corrected chi connectivity index (χ2v) is 4.93. The van der Waals surface area contributed by atoms with Crippen LogP contribution in [-0.4, -0.2) is 36.5 Å². The van der Waals surface area contributed by atoms with Crippen molar-refractivity contribution in [2.45, 2.75) is 39.2 Å². The highest BCUT2D eigenvalue weighted by molar-refractivity contribution is 5.91. The van der Waals surface area contributed by atoms with Gasteiger partial charge in [-0.05, 0) is 44.9 Å². The highest BCUT2D eigenvalue weighted by Gasteiger charge is 2.24. The summed E-state index contributed by atoms with van der Waals surface area (Å²) in [5.41, 5.74) is 0. The molecule has 4 nitrogen and oxygen atoms in total. The maximum absolute atomic E-state index is 12.1. The highest BCUT2D eigenvalue weighted by Crippen LogP contribution is 2.15. The van der Waals surface area contributed by atoms with Gasteiger partial charge >= 0.3 is 0 Å². The molecule has 1 aromatic heterocycles. The van der Waals surface area contributed by atoms with E-state index in [1.165, 1.54) is 0 Å². The molecule has 18 heavy (non-hydrogen) atoms. The topological polar surface area (TPSA) is 45.5 Å². The third-order valence-corrected chi connectivity index (χ3v) is 3.42. The van der Waals surface area contributed by atoms with Crippen LogP contribution in [0.5, 0.6) is 0 Å². The van der Waals surface area contributed by atoms with Gasteiger partial charge in [0.2, 0.25) is 0 Å². The average Bonchev–Trinajstić information content (AvgIpc) is 2.83. The van der Waals surface area contributed by atoms with Gasteiger partial charge in [-0.3, -0.25) is 4.79 Å². The van der Waals surface area contributed by atoms with E-state index in [2.05, 4.69) is 12.2 Å². The van der Waals surface area contributed by atoms with Crippen molar-refractivity contribution in [3.63, 3.8) is 0 Å². The number of hydrogen-bond donors (Lipinski definition) is 1. The smallest absolute Gasteiger partial charge is 0.289 e. The minimum Gasteiger partial charge on any atom is -0.456 e. The maximum Gasteiger partial charge on any atom is 0.289 e. The first-order chi connectivity index (χ1) is 8.70. The molecule has 1 aliphatic heterocycles. The molecule has 0 unspecified atom stereocenters. The number of hydrogen-bond acceptors (Lipinski definition) is 3. The summed E-state index contributed by atoms with van der Waals surface area (Å²) in [6, 6.07) is 4.16. The Bertz CT molecular complexity index is 392. The lowest BCUT2D eigenvalue weighted by molar-refractivity contribution is 0.0672. The number of carbonyl (C=O) groups is 1. The first-order valence-corrected chi connectivity index (χ1v) is 6.79. The molecule has 1 aliphatic rings. The number of nitrogens with one attached hydrogen (secondary N) is 1. The molecule has 0 saturated carbocycles. The van der Waals surface area contributed by atoms with Gasteiger partial charge in [-0.2, -0.15) is 0 Å². The number of amides is 1. The molecule has 1 aromatic rings. The fraction of sp³-hybridized carbons (Fsp3) is 0.643. The molecule has 2 heterocycles. The van der Waals surface area contributed by atoms with Crippen LogP contribution in [0.2, 0.25) is 0 Å². The molecule has 0 atom stereocenters. The van der Waals surface area contributed by atoms with Crippen molar-refractivity contribution in [2.24, 2.45) is 0 Å². The van der Waals surface area contributed by atoms with Gasteiger partial charge in [0.25, 0.3) is 5.91 Å². The molecule has 0 radical (unpaired) electrons. The van der Waals surface area contributed by atoms with Crippen molar-refractivity contribution in [1.82, 2.24) is 10.2 Å². The van der Waals surface area contributed by atoms with Crippen LogP contribution < -0.4 is 5.32 Å². The number of likely N-dealkylation sites (tertiary alicyclic amines) is 1. The lowest BCUT2D eigenvalue weighted by atomic mass is 10.0. The molecule has 0 spiro atoms. The normalized spacial score (nSPS) is 17.1. The molecular weight excluding hydrogens is 228 g/mol. The quantitative estimate of drug-likeness (QED) is 0.891. The molecule has 1 amide bonds. The monoisotopic (exact) mass is 250 g/mol. The lowest BCUT2D eigenvalue weighted by Crippen LogP contribution is -2.45. The van der Waals surface area contributed by atoms with Crippen LogP contribution in [0.25, 0.3) is 0 Å². The van der Waals surface area contributed by atoms with Crippen molar-refractivity contribution in [3.05, 3.63) is 23.7 Å². The SMILES string of the molecule is CCCNC1CCN(C(=O)c2ccc(C)o2)CC1. The number of rotatable bonds is 4. The first-order valence-electron chi connectivity index (χ1n) is 6.79. The van der Waals surface area contributed by atoms with Crippen molar-refractivity contribution < 1.29 is 9.21 Å². The van der Waals surface area contributed by atoms with E-state index in [1.54, 1.807) is 6.07 Å². The average molecular weight is 250 g/mol. The molecule has 0 aliphatic carbocycles. The number of furan rings is 1. The summed E-state index contributed by atoms with van der Waals surface area (Å²) in [4.78, 5) is 14.0. The summed E-state index contributed by atoms with van der Waals surface area (Å²) < 4.78 is 5.38. The van der Waals surface area contributed by atoms with Crippen LogP contribution in [0.3, 0.4) is 0 Å². The molecule has 2 rings (SSSR count).